The van der Waals surface area contributed by atoms with Crippen LogP contribution in [0.3, 0.4) is 0 Å². The zero-order chi connectivity index (χ0) is 43.9. The summed E-state index contributed by atoms with van der Waals surface area (Å²) in [5, 5.41) is 7.12. The third-order valence-electron chi connectivity index (χ3n) is 9.10. The number of hydrogen-bond donors (Lipinski definition) is 2. The maximum Gasteiger partial charge on any atom is 0.490 e. The molecule has 18 heteroatoms. The summed E-state index contributed by atoms with van der Waals surface area (Å²) in [5.74, 6) is -4.39. The summed E-state index contributed by atoms with van der Waals surface area (Å²) in [4.78, 5) is 66.2. The van der Waals surface area contributed by atoms with Crippen LogP contribution < -0.4 is 5.73 Å². The van der Waals surface area contributed by atoms with E-state index in [-0.39, 0.29) is 60.0 Å². The smallest absolute Gasteiger partial charge is 0.475 e. The van der Waals surface area contributed by atoms with Gasteiger partial charge in [0, 0.05) is 72.9 Å². The second-order valence-corrected chi connectivity index (χ2v) is 16.5. The molecule has 3 aromatic rings. The molecule has 2 atom stereocenters. The lowest BCUT2D eigenvalue weighted by atomic mass is 9.84. The fourth-order valence-electron chi connectivity index (χ4n) is 6.30. The van der Waals surface area contributed by atoms with Crippen molar-refractivity contribution in [2.45, 2.75) is 84.5 Å². The zero-order valence-electron chi connectivity index (χ0n) is 33.2. The monoisotopic (exact) mass is 851 g/mol. The van der Waals surface area contributed by atoms with Crippen molar-refractivity contribution in [3.8, 4) is 11.3 Å². The summed E-state index contributed by atoms with van der Waals surface area (Å²) in [6.07, 6.45) is 2.42. The van der Waals surface area contributed by atoms with Gasteiger partial charge in [-0.1, -0.05) is 57.5 Å². The van der Waals surface area contributed by atoms with Crippen LogP contribution in [0, 0.1) is 17.0 Å². The highest BCUT2D eigenvalue weighted by atomic mass is 32.2. The van der Waals surface area contributed by atoms with E-state index in [0.29, 0.717) is 63.2 Å². The molecule has 0 radical (unpaired) electrons. The van der Waals surface area contributed by atoms with E-state index in [9.17, 15) is 40.9 Å². The Balaban J connectivity index is 0.00000122. The van der Waals surface area contributed by atoms with Crippen molar-refractivity contribution in [1.82, 2.24) is 19.4 Å². The highest BCUT2D eigenvalue weighted by Gasteiger charge is 2.39. The van der Waals surface area contributed by atoms with Gasteiger partial charge in [-0.3, -0.25) is 28.3 Å². The molecule has 0 saturated carbocycles. The molecule has 2 aromatic carbocycles. The molecule has 322 valence electrons. The van der Waals surface area contributed by atoms with Crippen LogP contribution in [-0.4, -0.2) is 95.5 Å². The van der Waals surface area contributed by atoms with Crippen LogP contribution in [0.25, 0.3) is 11.3 Å². The van der Waals surface area contributed by atoms with Crippen molar-refractivity contribution >= 4 is 40.3 Å². The topological polar surface area (TPSA) is 173 Å². The molecule has 1 aliphatic heterocycles. The molecule has 1 aromatic heterocycles. The Morgan fingerprint density at radius 2 is 1.54 bits per heavy atom. The second kappa shape index (κ2) is 22.3. The lowest BCUT2D eigenvalue weighted by Crippen LogP contribution is -2.45. The van der Waals surface area contributed by atoms with Gasteiger partial charge in [-0.15, -0.1) is 0 Å². The van der Waals surface area contributed by atoms with E-state index < -0.39 is 46.0 Å². The molecule has 3 amide bonds. The van der Waals surface area contributed by atoms with Gasteiger partial charge in [0.05, 0.1) is 11.7 Å². The minimum absolute atomic E-state index is 0.0102. The number of imidazole rings is 1. The van der Waals surface area contributed by atoms with Crippen LogP contribution in [0.1, 0.15) is 83.1 Å². The number of rotatable bonds is 20. The van der Waals surface area contributed by atoms with E-state index >= 15 is 4.39 Å². The van der Waals surface area contributed by atoms with Crippen LogP contribution >= 0.6 is 0 Å². The summed E-state index contributed by atoms with van der Waals surface area (Å²) in [7, 11) is -1.47. The number of carboxylic acids is 1. The van der Waals surface area contributed by atoms with Gasteiger partial charge in [-0.25, -0.2) is 18.6 Å². The molecule has 1 aliphatic rings. The minimum atomic E-state index is -5.08. The van der Waals surface area contributed by atoms with Crippen LogP contribution in [0.2, 0.25) is 0 Å². The lowest BCUT2D eigenvalue weighted by molar-refractivity contribution is -0.192. The fraction of sp³-hybridized carbons (Fsp3) is 0.463. The van der Waals surface area contributed by atoms with E-state index in [1.807, 2.05) is 55.7 Å². The number of benzene rings is 2. The first-order chi connectivity index (χ1) is 27.7. The van der Waals surface area contributed by atoms with Gasteiger partial charge in [-0.05, 0) is 61.4 Å². The number of aromatic nitrogens is 2. The predicted molar refractivity (Wildman–Crippen MR) is 211 cm³/mol. The van der Waals surface area contributed by atoms with Crippen LogP contribution in [0.5, 0.6) is 0 Å². The molecule has 2 heterocycles. The van der Waals surface area contributed by atoms with E-state index in [1.54, 1.807) is 11.1 Å². The highest BCUT2D eigenvalue weighted by molar-refractivity contribution is 7.85. The second-order valence-electron chi connectivity index (χ2n) is 14.9. The Labute approximate surface area is 342 Å². The number of nitrogens with two attached hydrogens (primary N) is 1. The summed E-state index contributed by atoms with van der Waals surface area (Å²) in [6.45, 7) is 7.13. The van der Waals surface area contributed by atoms with Crippen LogP contribution in [0.15, 0.2) is 66.9 Å². The van der Waals surface area contributed by atoms with Gasteiger partial charge in [0.1, 0.15) is 29.0 Å². The number of amides is 3. The van der Waals surface area contributed by atoms with E-state index in [1.165, 1.54) is 12.2 Å². The van der Waals surface area contributed by atoms with E-state index in [4.69, 9.17) is 20.6 Å². The van der Waals surface area contributed by atoms with Crippen molar-refractivity contribution in [1.29, 1.82) is 0 Å². The number of aliphatic carboxylic acids is 1. The Bertz CT molecular complexity index is 1960. The summed E-state index contributed by atoms with van der Waals surface area (Å²) < 4.78 is 76.1. The third-order valence-corrected chi connectivity index (χ3v) is 10.4. The molecule has 1 unspecified atom stereocenters. The number of nitrogens with zero attached hydrogens (tertiary/aromatic N) is 4. The number of alkyl halides is 3. The first kappa shape index (κ1) is 48.3. The van der Waals surface area contributed by atoms with Crippen molar-refractivity contribution < 1.29 is 55.2 Å². The third kappa shape index (κ3) is 15.2. The van der Waals surface area contributed by atoms with E-state index in [0.717, 1.165) is 28.7 Å². The molecule has 0 saturated heterocycles. The van der Waals surface area contributed by atoms with Gasteiger partial charge in [0.15, 0.2) is 0 Å². The first-order valence-corrected chi connectivity index (χ1v) is 20.5. The van der Waals surface area contributed by atoms with Crippen molar-refractivity contribution in [2.75, 3.05) is 31.1 Å². The number of hydrogen-bond acceptors (Lipinski definition) is 8. The molecule has 0 bridgehead atoms. The minimum Gasteiger partial charge on any atom is -0.475 e. The number of carbonyl (C=O) groups is 5. The van der Waals surface area contributed by atoms with Crippen LogP contribution in [-0.2, 0) is 41.3 Å². The normalized spacial score (nSPS) is 13.9. The quantitative estimate of drug-likeness (QED) is 0.0746. The van der Waals surface area contributed by atoms with E-state index in [2.05, 4.69) is 0 Å². The van der Waals surface area contributed by atoms with Crippen molar-refractivity contribution in [2.24, 2.45) is 11.1 Å². The molecule has 3 N–H and O–H groups in total. The lowest BCUT2D eigenvalue weighted by Gasteiger charge is -2.40. The van der Waals surface area contributed by atoms with Gasteiger partial charge in [0.25, 0.3) is 11.8 Å². The number of Topliss-reactive ketones (excluding diaryl/α,β-unsaturated/α-hetero) is 1. The van der Waals surface area contributed by atoms with Crippen molar-refractivity contribution in [3.05, 3.63) is 89.9 Å². The molecule has 12 nitrogen and oxygen atoms in total. The SMILES string of the molecule is CC(C)(C)[C@H](c1nc(-c2cc(F)ccc2F)cn1Cc1ccccc1)N(CCCN)C(=O)CS(=O)CCCCCC(=O)CCCN1C(=O)C=CC1=O.O=C(O)C(F)(F)F. The van der Waals surface area contributed by atoms with Crippen molar-refractivity contribution in [3.63, 3.8) is 0 Å². The maximum atomic E-state index is 15.0. The summed E-state index contributed by atoms with van der Waals surface area (Å²) in [5.41, 5.74) is 6.52. The number of carbonyl (C=O) groups excluding carboxylic acids is 4. The number of carboxylic acid groups (broad SMARTS) is 1. The molecular formula is C41H50F5N5O7S. The average molecular weight is 852 g/mol. The largest absolute Gasteiger partial charge is 0.490 e. The maximum absolute atomic E-state index is 15.0. The van der Waals surface area contributed by atoms with Gasteiger partial charge in [-0.2, -0.15) is 13.2 Å². The molecular weight excluding hydrogens is 802 g/mol. The van der Waals surface area contributed by atoms with Gasteiger partial charge >= 0.3 is 12.1 Å². The Morgan fingerprint density at radius 1 is 0.915 bits per heavy atom. The average Bonchev–Trinajstić information content (AvgIpc) is 3.71. The number of halogens is 5. The van der Waals surface area contributed by atoms with Gasteiger partial charge in [0.2, 0.25) is 5.91 Å². The molecule has 4 rings (SSSR count). The summed E-state index contributed by atoms with van der Waals surface area (Å²) in [6, 6.07) is 12.2. The summed E-state index contributed by atoms with van der Waals surface area (Å²) >= 11 is 0. The molecule has 59 heavy (non-hydrogen) atoms. The zero-order valence-corrected chi connectivity index (χ0v) is 34.0. The Morgan fingerprint density at radius 3 is 2.14 bits per heavy atom. The fourth-order valence-corrected chi connectivity index (χ4v) is 7.41. The predicted octanol–water partition coefficient (Wildman–Crippen LogP) is 6.36. The van der Waals surface area contributed by atoms with Gasteiger partial charge < -0.3 is 20.3 Å². The number of imide groups is 1. The molecule has 0 aliphatic carbocycles. The molecule has 0 spiro atoms. The van der Waals surface area contributed by atoms with Crippen LogP contribution in [0.4, 0.5) is 22.0 Å². The number of unbranched alkanes of at least 4 members (excludes halogenated alkanes) is 2. The molecule has 0 fully saturated rings. The standard InChI is InChI=1S/C39H49F2N5O5S.C2HF3O2/c1-39(2,3)37(38-43-33(31-24-29(40)16-17-32(31)41)26-44(38)25-28-12-6-4-7-13-28)46(22-11-20-42)36(50)27-52(51)23-9-5-8-14-30(47)15-10-21-45-34(48)18-19-35(45)49;3-2(4,5)1(6)7/h4,6-7,12-13,16-19,24,26,37H,5,8-11,14-15,20-23,25,27,42H2,1-3H3;(H,6,7)/t37-,52?;/m0./s1. The highest BCUT2D eigenvalue weighted by Crippen LogP contribution is 2.39. The number of ketones is 1. The first-order valence-electron chi connectivity index (χ1n) is 19.0. The Kier molecular flexibility index (Phi) is 18.3. The Hall–Kier alpha value is -5.10.